The maximum atomic E-state index is 11.4. The largest absolute Gasteiger partial charge is 0.516 e. The van der Waals surface area contributed by atoms with Crippen LogP contribution in [0.5, 0.6) is 0 Å². The number of ether oxygens (including phenoxy) is 2. The van der Waals surface area contributed by atoms with E-state index < -0.39 is 12.1 Å². The van der Waals surface area contributed by atoms with E-state index in [1.807, 2.05) is 13.8 Å². The lowest BCUT2D eigenvalue weighted by molar-refractivity contribution is 0.0346. The Bertz CT molecular complexity index is 423. The topological polar surface area (TPSA) is 78.4 Å². The molecule has 0 bridgehead atoms. The number of halogens is 1. The fourth-order valence-corrected chi connectivity index (χ4v) is 0.988. The molecule has 0 unspecified atom stereocenters. The van der Waals surface area contributed by atoms with Crippen LogP contribution in [-0.4, -0.2) is 28.7 Å². The fourth-order valence-electron chi connectivity index (χ4n) is 0.841. The van der Waals surface area contributed by atoms with E-state index >= 15 is 0 Å². The van der Waals surface area contributed by atoms with Crippen molar-refractivity contribution >= 4 is 23.7 Å². The molecule has 0 amide bonds. The Morgan fingerprint density at radius 2 is 2.18 bits per heavy atom. The second-order valence-electron chi connectivity index (χ2n) is 3.56. The van der Waals surface area contributed by atoms with Gasteiger partial charge in [-0.25, -0.2) is 19.6 Å². The zero-order valence-corrected chi connectivity index (χ0v) is 10.1. The zero-order chi connectivity index (χ0) is 12.8. The summed E-state index contributed by atoms with van der Waals surface area (Å²) < 4.78 is 9.06. The smallest absolute Gasteiger partial charge is 0.434 e. The molecule has 0 fully saturated rings. The molecule has 1 heterocycles. The predicted octanol–water partition coefficient (Wildman–Crippen LogP) is 2.08. The molecule has 0 aliphatic carbocycles. The molecule has 0 saturated carbocycles. The molecule has 92 valence electrons. The van der Waals surface area contributed by atoms with Gasteiger partial charge in [-0.15, -0.1) is 0 Å². The van der Waals surface area contributed by atoms with E-state index in [1.165, 1.54) is 12.3 Å². The van der Waals surface area contributed by atoms with Gasteiger partial charge in [-0.3, -0.25) is 0 Å². The van der Waals surface area contributed by atoms with E-state index in [0.717, 1.165) is 0 Å². The van der Waals surface area contributed by atoms with Crippen LogP contribution in [0.15, 0.2) is 12.3 Å². The molecule has 0 aromatic carbocycles. The van der Waals surface area contributed by atoms with Gasteiger partial charge in [0.2, 0.25) is 5.28 Å². The molecule has 7 heteroatoms. The van der Waals surface area contributed by atoms with Crippen molar-refractivity contribution in [1.29, 1.82) is 0 Å². The molecular formula is C10H11ClN2O4. The Balaban J connectivity index is 2.52. The quantitative estimate of drug-likeness (QED) is 0.469. The van der Waals surface area contributed by atoms with Gasteiger partial charge in [0.1, 0.15) is 0 Å². The minimum absolute atomic E-state index is 0.102. The average molecular weight is 259 g/mol. The molecule has 17 heavy (non-hydrogen) atoms. The van der Waals surface area contributed by atoms with Gasteiger partial charge in [-0.05, 0) is 23.6 Å². The highest BCUT2D eigenvalue weighted by molar-refractivity contribution is 6.28. The molecule has 0 spiro atoms. The van der Waals surface area contributed by atoms with E-state index in [4.69, 9.17) is 11.6 Å². The second kappa shape index (κ2) is 6.15. The van der Waals surface area contributed by atoms with Gasteiger partial charge in [0.25, 0.3) is 0 Å². The van der Waals surface area contributed by atoms with E-state index in [9.17, 15) is 9.59 Å². The summed E-state index contributed by atoms with van der Waals surface area (Å²) in [6, 6.07) is 1.28. The van der Waals surface area contributed by atoms with Gasteiger partial charge in [-0.2, -0.15) is 0 Å². The third-order valence-electron chi connectivity index (χ3n) is 1.55. The summed E-state index contributed by atoms with van der Waals surface area (Å²) in [5.41, 5.74) is -0.105. The van der Waals surface area contributed by atoms with Gasteiger partial charge >= 0.3 is 12.1 Å². The van der Waals surface area contributed by atoms with E-state index in [-0.39, 0.29) is 23.5 Å². The minimum Gasteiger partial charge on any atom is -0.434 e. The van der Waals surface area contributed by atoms with Crippen LogP contribution < -0.4 is 0 Å². The highest BCUT2D eigenvalue weighted by Gasteiger charge is 2.16. The summed E-state index contributed by atoms with van der Waals surface area (Å²) >= 11 is 5.48. The highest BCUT2D eigenvalue weighted by atomic mass is 35.5. The predicted molar refractivity (Wildman–Crippen MR) is 58.6 cm³/mol. The number of hydrogen-bond donors (Lipinski definition) is 0. The molecule has 0 radical (unpaired) electrons. The maximum absolute atomic E-state index is 11.4. The molecule has 0 aliphatic rings. The van der Waals surface area contributed by atoms with Crippen LogP contribution >= 0.6 is 11.6 Å². The van der Waals surface area contributed by atoms with Gasteiger partial charge in [0.05, 0.1) is 6.61 Å². The van der Waals surface area contributed by atoms with Crippen LogP contribution in [0.25, 0.3) is 0 Å². The fraction of sp³-hybridized carbons (Fsp3) is 0.400. The molecule has 0 N–H and O–H groups in total. The summed E-state index contributed by atoms with van der Waals surface area (Å²) in [7, 11) is 0. The summed E-state index contributed by atoms with van der Waals surface area (Å²) in [5, 5.41) is -0.102. The second-order valence-corrected chi connectivity index (χ2v) is 3.89. The highest BCUT2D eigenvalue weighted by Crippen LogP contribution is 2.04. The van der Waals surface area contributed by atoms with Crippen LogP contribution in [0.3, 0.4) is 0 Å². The summed E-state index contributed by atoms with van der Waals surface area (Å²) in [6.07, 6.45) is 0.226. The molecule has 1 rings (SSSR count). The molecular weight excluding hydrogens is 248 g/mol. The molecule has 1 aromatic heterocycles. The van der Waals surface area contributed by atoms with Crippen molar-refractivity contribution in [3.63, 3.8) is 0 Å². The molecule has 0 aliphatic heterocycles. The third-order valence-corrected chi connectivity index (χ3v) is 1.73. The van der Waals surface area contributed by atoms with Gasteiger partial charge in [-0.1, -0.05) is 13.8 Å². The lowest BCUT2D eigenvalue weighted by atomic mass is 10.2. The first-order valence-corrected chi connectivity index (χ1v) is 5.24. The number of carbonyl (C=O) groups is 2. The first-order valence-electron chi connectivity index (χ1n) is 4.86. The van der Waals surface area contributed by atoms with Crippen LogP contribution in [0.2, 0.25) is 5.28 Å². The van der Waals surface area contributed by atoms with Crippen molar-refractivity contribution in [2.45, 2.75) is 13.8 Å². The number of carbonyl (C=O) groups excluding carboxylic acids is 2. The zero-order valence-electron chi connectivity index (χ0n) is 9.34. The number of rotatable bonds is 3. The summed E-state index contributed by atoms with van der Waals surface area (Å²) in [5.74, 6) is -0.769. The third kappa shape index (κ3) is 4.78. The van der Waals surface area contributed by atoms with E-state index in [1.54, 1.807) is 0 Å². The number of aromatic nitrogens is 2. The first-order chi connectivity index (χ1) is 7.99. The lowest BCUT2D eigenvalue weighted by Gasteiger charge is -2.06. The molecule has 1 aromatic rings. The standard InChI is InChI=1S/C10H11ClN2O4/c1-6(2)5-16-10(15)17-8(14)7-3-4-12-9(11)13-7/h3-4,6H,5H2,1-2H3. The van der Waals surface area contributed by atoms with Crippen molar-refractivity contribution in [1.82, 2.24) is 9.97 Å². The Labute approximate surface area is 103 Å². The van der Waals surface area contributed by atoms with Crippen molar-refractivity contribution < 1.29 is 19.1 Å². The van der Waals surface area contributed by atoms with Crippen LogP contribution in [0, 0.1) is 5.92 Å². The van der Waals surface area contributed by atoms with Crippen molar-refractivity contribution in [3.05, 3.63) is 23.2 Å². The monoisotopic (exact) mass is 258 g/mol. The average Bonchev–Trinajstić information content (AvgIpc) is 2.26. The van der Waals surface area contributed by atoms with Gasteiger partial charge in [0, 0.05) is 6.20 Å². The number of nitrogens with zero attached hydrogens (tertiary/aromatic N) is 2. The Hall–Kier alpha value is -1.69. The summed E-state index contributed by atoms with van der Waals surface area (Å²) in [6.45, 7) is 3.90. The van der Waals surface area contributed by atoms with Crippen molar-refractivity contribution in [2.24, 2.45) is 5.92 Å². The van der Waals surface area contributed by atoms with E-state index in [0.29, 0.717) is 0 Å². The van der Waals surface area contributed by atoms with Crippen molar-refractivity contribution in [2.75, 3.05) is 6.61 Å². The first kappa shape index (κ1) is 13.4. The normalized spacial score (nSPS) is 10.1. The Morgan fingerprint density at radius 3 is 2.76 bits per heavy atom. The molecule has 0 saturated heterocycles. The number of hydrogen-bond acceptors (Lipinski definition) is 6. The Kier molecular flexibility index (Phi) is 4.84. The van der Waals surface area contributed by atoms with Crippen LogP contribution in [0.1, 0.15) is 24.3 Å². The number of esters is 1. The summed E-state index contributed by atoms with van der Waals surface area (Å²) in [4.78, 5) is 29.6. The molecule has 6 nitrogen and oxygen atoms in total. The lowest BCUT2D eigenvalue weighted by Crippen LogP contribution is -2.17. The van der Waals surface area contributed by atoms with Crippen LogP contribution in [-0.2, 0) is 9.47 Å². The van der Waals surface area contributed by atoms with Gasteiger partial charge in [0.15, 0.2) is 5.69 Å². The van der Waals surface area contributed by atoms with Crippen molar-refractivity contribution in [3.8, 4) is 0 Å². The Morgan fingerprint density at radius 1 is 1.47 bits per heavy atom. The van der Waals surface area contributed by atoms with E-state index in [2.05, 4.69) is 19.4 Å². The minimum atomic E-state index is -1.06. The maximum Gasteiger partial charge on any atom is 0.516 e. The SMILES string of the molecule is CC(C)COC(=O)OC(=O)c1ccnc(Cl)n1. The van der Waals surface area contributed by atoms with Gasteiger partial charge < -0.3 is 9.47 Å². The van der Waals surface area contributed by atoms with Crippen LogP contribution in [0.4, 0.5) is 4.79 Å². The molecule has 0 atom stereocenters.